The number of aromatic amines is 1. The Hall–Kier alpha value is -4.65. The molecule has 7 rings (SSSR count). The second kappa shape index (κ2) is 10.3. The quantitative estimate of drug-likeness (QED) is 0.295. The lowest BCUT2D eigenvalue weighted by Crippen LogP contribution is -2.60. The Bertz CT molecular complexity index is 1810. The third-order valence-corrected chi connectivity index (χ3v) is 8.80. The van der Waals surface area contributed by atoms with Gasteiger partial charge in [-0.2, -0.15) is 20.0 Å². The van der Waals surface area contributed by atoms with Crippen molar-refractivity contribution in [3.05, 3.63) is 68.9 Å². The van der Waals surface area contributed by atoms with E-state index in [-0.39, 0.29) is 16.9 Å². The Labute approximate surface area is 246 Å². The minimum Gasteiger partial charge on any atom is -0.370 e. The summed E-state index contributed by atoms with van der Waals surface area (Å²) in [6.45, 7) is 4.21. The van der Waals surface area contributed by atoms with Crippen LogP contribution in [-0.2, 0) is 6.54 Å². The van der Waals surface area contributed by atoms with Crippen LogP contribution in [-0.4, -0.2) is 61.7 Å². The van der Waals surface area contributed by atoms with Crippen LogP contribution >= 0.6 is 11.6 Å². The maximum atomic E-state index is 12.1. The molecule has 2 saturated heterocycles. The van der Waals surface area contributed by atoms with Crippen LogP contribution in [0.25, 0.3) is 5.65 Å². The lowest BCUT2D eigenvalue weighted by molar-refractivity contribution is -0.0242. The third kappa shape index (κ3) is 4.89. The predicted octanol–water partition coefficient (Wildman–Crippen LogP) is 3.63. The van der Waals surface area contributed by atoms with Gasteiger partial charge in [0.1, 0.15) is 6.07 Å². The van der Waals surface area contributed by atoms with Crippen LogP contribution in [0.3, 0.4) is 0 Å². The van der Waals surface area contributed by atoms with Gasteiger partial charge in [-0.05, 0) is 49.3 Å². The molecule has 12 nitrogen and oxygen atoms in total. The van der Waals surface area contributed by atoms with Gasteiger partial charge in [0.2, 0.25) is 5.95 Å². The van der Waals surface area contributed by atoms with Crippen LogP contribution in [0.5, 0.6) is 0 Å². The topological polar surface area (TPSA) is 154 Å². The molecule has 3 N–H and O–H groups in total. The van der Waals surface area contributed by atoms with Crippen LogP contribution < -0.4 is 21.1 Å². The highest BCUT2D eigenvalue weighted by atomic mass is 35.5. The summed E-state index contributed by atoms with van der Waals surface area (Å²) < 4.78 is 1.46. The lowest BCUT2D eigenvalue weighted by atomic mass is 9.72. The molecule has 5 heterocycles. The van der Waals surface area contributed by atoms with Gasteiger partial charge in [0.05, 0.1) is 34.2 Å². The van der Waals surface area contributed by atoms with E-state index < -0.39 is 0 Å². The number of likely N-dealkylation sites (tertiary alicyclic amines) is 1. The largest absolute Gasteiger partial charge is 0.370 e. The molecule has 0 unspecified atom stereocenters. The summed E-state index contributed by atoms with van der Waals surface area (Å²) in [5.41, 5.74) is 3.55. The number of hydrogen-bond donors (Lipinski definition) is 3. The zero-order valence-electron chi connectivity index (χ0n) is 22.8. The molecule has 0 amide bonds. The minimum atomic E-state index is -0.0269. The highest BCUT2D eigenvalue weighted by Crippen LogP contribution is 2.44. The van der Waals surface area contributed by atoms with Gasteiger partial charge in [0.15, 0.2) is 17.2 Å². The zero-order valence-corrected chi connectivity index (χ0v) is 23.5. The van der Waals surface area contributed by atoms with E-state index in [9.17, 15) is 15.3 Å². The number of anilines is 4. The highest BCUT2D eigenvalue weighted by molar-refractivity contribution is 6.36. The molecule has 4 aromatic rings. The molecule has 2 aliphatic heterocycles. The third-order valence-electron chi connectivity index (χ3n) is 8.40. The van der Waals surface area contributed by atoms with E-state index in [1.54, 1.807) is 12.3 Å². The van der Waals surface area contributed by atoms with Crippen molar-refractivity contribution < 1.29 is 0 Å². The number of nitrogens with one attached hydrogen (secondary N) is 3. The average molecular weight is 582 g/mol. The normalized spacial score (nSPS) is 17.9. The molecule has 3 aliphatic rings. The lowest BCUT2D eigenvalue weighted by Gasteiger charge is -2.54. The number of nitrogens with zero attached hydrogens (tertiary/aromatic N) is 8. The Morgan fingerprint density at radius 3 is 2.69 bits per heavy atom. The van der Waals surface area contributed by atoms with Crippen molar-refractivity contribution in [1.82, 2.24) is 29.5 Å². The molecular weight excluding hydrogens is 554 g/mol. The first-order valence-electron chi connectivity index (χ1n) is 14.0. The Morgan fingerprint density at radius 2 is 1.98 bits per heavy atom. The molecule has 0 atom stereocenters. The van der Waals surface area contributed by atoms with Crippen LogP contribution in [0.4, 0.5) is 23.1 Å². The fourth-order valence-corrected chi connectivity index (χ4v) is 6.29. The monoisotopic (exact) mass is 581 g/mol. The SMILES string of the molecule is N#Cc1cc(Nc2nc(NC3CC3)c3ncc(C#N)n3n2)c(Cl)c(N2CCC3(CC2)CN(Cc2ccc[nH]c2=O)C3)c1. The summed E-state index contributed by atoms with van der Waals surface area (Å²) in [6.07, 6.45) is 7.22. The summed E-state index contributed by atoms with van der Waals surface area (Å²) in [7, 11) is 0. The van der Waals surface area contributed by atoms with E-state index >= 15 is 0 Å². The number of imidazole rings is 1. The molecular formula is C29H28ClN11O. The van der Waals surface area contributed by atoms with Crippen molar-refractivity contribution >= 4 is 40.4 Å². The number of pyridine rings is 1. The van der Waals surface area contributed by atoms with Crippen molar-refractivity contribution in [2.45, 2.75) is 38.3 Å². The standard InChI is InChI=1S/C29H28ClN11O/c30-24-22(36-28-37-25(35-20-3-4-20)26-34-14-21(13-32)41(26)38-28)10-18(12-31)11-23(24)40-8-5-29(6-9-40)16-39(17-29)15-19-2-1-7-33-27(19)42/h1-2,7,10-11,14,20H,3-6,8-9,15-17H2,(H,33,42)(H2,35,36,37,38). The maximum absolute atomic E-state index is 12.1. The summed E-state index contributed by atoms with van der Waals surface area (Å²) in [5.74, 6) is 0.782. The van der Waals surface area contributed by atoms with Crippen LogP contribution in [0.15, 0.2) is 41.5 Å². The van der Waals surface area contributed by atoms with Crippen LogP contribution in [0.1, 0.15) is 42.5 Å². The van der Waals surface area contributed by atoms with Crippen molar-refractivity contribution in [3.63, 3.8) is 0 Å². The number of H-pyrrole nitrogens is 1. The molecule has 1 spiro atoms. The van der Waals surface area contributed by atoms with Gasteiger partial charge >= 0.3 is 0 Å². The predicted molar refractivity (Wildman–Crippen MR) is 158 cm³/mol. The number of aromatic nitrogens is 5. The van der Waals surface area contributed by atoms with E-state index in [0.29, 0.717) is 46.0 Å². The Morgan fingerprint density at radius 1 is 1.17 bits per heavy atom. The van der Waals surface area contributed by atoms with E-state index in [1.165, 1.54) is 10.7 Å². The smallest absolute Gasteiger partial charge is 0.252 e. The van der Waals surface area contributed by atoms with Crippen molar-refractivity contribution in [1.29, 1.82) is 10.5 Å². The molecule has 42 heavy (non-hydrogen) atoms. The first-order valence-corrected chi connectivity index (χ1v) is 14.4. The molecule has 0 bridgehead atoms. The fraction of sp³-hybridized carbons (Fsp3) is 0.379. The molecule has 1 saturated carbocycles. The van der Waals surface area contributed by atoms with Gasteiger partial charge in [-0.15, -0.1) is 5.10 Å². The van der Waals surface area contributed by atoms with Gasteiger partial charge in [0, 0.05) is 50.5 Å². The molecule has 1 aliphatic carbocycles. The minimum absolute atomic E-state index is 0.0269. The summed E-state index contributed by atoms with van der Waals surface area (Å²) >= 11 is 6.96. The van der Waals surface area contributed by atoms with E-state index in [2.05, 4.69) is 52.6 Å². The average Bonchev–Trinajstić information content (AvgIpc) is 3.70. The molecule has 13 heteroatoms. The van der Waals surface area contributed by atoms with Crippen molar-refractivity contribution in [2.75, 3.05) is 41.7 Å². The molecule has 3 aromatic heterocycles. The van der Waals surface area contributed by atoms with Gasteiger partial charge in [-0.3, -0.25) is 9.69 Å². The zero-order chi connectivity index (χ0) is 28.8. The maximum Gasteiger partial charge on any atom is 0.252 e. The summed E-state index contributed by atoms with van der Waals surface area (Å²) in [4.78, 5) is 28.3. The van der Waals surface area contributed by atoms with Crippen LogP contribution in [0, 0.1) is 28.1 Å². The number of fused-ring (bicyclic) bond motifs is 1. The number of halogens is 1. The van der Waals surface area contributed by atoms with E-state index in [1.807, 2.05) is 18.2 Å². The molecule has 212 valence electrons. The Kier molecular flexibility index (Phi) is 6.45. The van der Waals surface area contributed by atoms with Gasteiger partial charge in [-0.25, -0.2) is 4.98 Å². The van der Waals surface area contributed by atoms with Crippen molar-refractivity contribution in [3.8, 4) is 12.1 Å². The number of hydrogen-bond acceptors (Lipinski definition) is 10. The second-order valence-corrected chi connectivity index (χ2v) is 11.8. The Balaban J connectivity index is 1.09. The first-order chi connectivity index (χ1) is 20.4. The van der Waals surface area contributed by atoms with Crippen molar-refractivity contribution in [2.24, 2.45) is 5.41 Å². The number of piperidine rings is 1. The number of benzene rings is 1. The van der Waals surface area contributed by atoms with E-state index in [0.717, 1.165) is 63.1 Å². The second-order valence-electron chi connectivity index (χ2n) is 11.4. The molecule has 0 radical (unpaired) electrons. The number of nitriles is 2. The molecule has 3 fully saturated rings. The fourth-order valence-electron chi connectivity index (χ4n) is 6.02. The molecule has 1 aromatic carbocycles. The summed E-state index contributed by atoms with van der Waals surface area (Å²) in [6, 6.07) is 11.9. The number of rotatable bonds is 7. The van der Waals surface area contributed by atoms with Gasteiger partial charge < -0.3 is 20.5 Å². The van der Waals surface area contributed by atoms with Gasteiger partial charge in [0.25, 0.3) is 5.56 Å². The highest BCUT2D eigenvalue weighted by Gasteiger charge is 2.45. The first kappa shape index (κ1) is 26.3. The van der Waals surface area contributed by atoms with E-state index in [4.69, 9.17) is 11.6 Å². The van der Waals surface area contributed by atoms with Gasteiger partial charge in [-0.1, -0.05) is 17.7 Å². The van der Waals surface area contributed by atoms with Crippen LogP contribution in [0.2, 0.25) is 5.02 Å². The summed E-state index contributed by atoms with van der Waals surface area (Å²) in [5, 5.41) is 30.9.